The molecule has 0 fully saturated rings. The molecule has 1 unspecified atom stereocenters. The molecule has 0 aliphatic rings. The first-order valence-corrected chi connectivity index (χ1v) is 8.37. The highest BCUT2D eigenvalue weighted by molar-refractivity contribution is 9.10. The number of halogens is 1. The molecular weight excluding hydrogens is 362 g/mol. The maximum atomic E-state index is 6.25. The number of nitrogens with zero attached hydrogens (tertiary/aromatic N) is 3. The Labute approximate surface area is 140 Å². The van der Waals surface area contributed by atoms with Crippen LogP contribution in [0.4, 0.5) is 11.1 Å². The maximum absolute atomic E-state index is 6.25. The van der Waals surface area contributed by atoms with Gasteiger partial charge in [0.25, 0.3) is 0 Å². The van der Waals surface area contributed by atoms with Crippen molar-refractivity contribution in [2.24, 2.45) is 5.73 Å². The summed E-state index contributed by atoms with van der Waals surface area (Å²) in [6.07, 6.45) is 4.11. The van der Waals surface area contributed by atoms with Gasteiger partial charge in [-0.15, -0.1) is 11.3 Å². The molecular formula is C15H14BrN5S. The van der Waals surface area contributed by atoms with E-state index in [-0.39, 0.29) is 6.04 Å². The van der Waals surface area contributed by atoms with Crippen molar-refractivity contribution in [2.45, 2.75) is 12.5 Å². The molecule has 5 nitrogen and oxygen atoms in total. The first kappa shape index (κ1) is 15.1. The molecule has 0 radical (unpaired) electrons. The Morgan fingerprint density at radius 1 is 1.23 bits per heavy atom. The van der Waals surface area contributed by atoms with Gasteiger partial charge in [0.15, 0.2) is 5.13 Å². The average molecular weight is 376 g/mol. The van der Waals surface area contributed by atoms with Gasteiger partial charge in [-0.25, -0.2) is 15.0 Å². The van der Waals surface area contributed by atoms with E-state index in [9.17, 15) is 0 Å². The molecule has 112 valence electrons. The lowest BCUT2D eigenvalue weighted by molar-refractivity contribution is 0.702. The first-order valence-electron chi connectivity index (χ1n) is 6.70. The summed E-state index contributed by atoms with van der Waals surface area (Å²) in [5.41, 5.74) is 8.29. The summed E-state index contributed by atoms with van der Waals surface area (Å²) in [4.78, 5) is 12.7. The van der Waals surface area contributed by atoms with Crippen molar-refractivity contribution in [1.82, 2.24) is 15.0 Å². The molecule has 0 bridgehead atoms. The Balaban J connectivity index is 1.68. The molecule has 7 heteroatoms. The molecule has 3 aromatic rings. The monoisotopic (exact) mass is 375 g/mol. The number of hydrogen-bond donors (Lipinski definition) is 2. The summed E-state index contributed by atoms with van der Waals surface area (Å²) < 4.78 is 1.05. The van der Waals surface area contributed by atoms with Crippen molar-refractivity contribution in [2.75, 3.05) is 5.32 Å². The smallest absolute Gasteiger partial charge is 0.228 e. The molecule has 0 spiro atoms. The van der Waals surface area contributed by atoms with Gasteiger partial charge in [0.05, 0.1) is 11.7 Å². The van der Waals surface area contributed by atoms with E-state index in [1.165, 1.54) is 16.9 Å². The minimum absolute atomic E-state index is 0.141. The third-order valence-corrected chi connectivity index (χ3v) is 4.30. The highest BCUT2D eigenvalue weighted by Crippen LogP contribution is 2.24. The van der Waals surface area contributed by atoms with Crippen LogP contribution in [0.5, 0.6) is 0 Å². The molecule has 3 rings (SSSR count). The van der Waals surface area contributed by atoms with Crippen molar-refractivity contribution >= 4 is 38.3 Å². The van der Waals surface area contributed by atoms with Crippen molar-refractivity contribution in [3.8, 4) is 0 Å². The average Bonchev–Trinajstić information content (AvgIpc) is 2.97. The molecule has 3 N–H and O–H groups in total. The summed E-state index contributed by atoms with van der Waals surface area (Å²) in [5.74, 6) is 0.531. The molecule has 1 atom stereocenters. The Hall–Kier alpha value is -1.83. The van der Waals surface area contributed by atoms with Crippen LogP contribution in [-0.2, 0) is 6.42 Å². The Morgan fingerprint density at radius 2 is 2.05 bits per heavy atom. The number of nitrogens with one attached hydrogen (secondary N) is 1. The van der Waals surface area contributed by atoms with Crippen LogP contribution in [-0.4, -0.2) is 15.0 Å². The molecule has 1 aromatic carbocycles. The van der Waals surface area contributed by atoms with E-state index in [4.69, 9.17) is 5.73 Å². The van der Waals surface area contributed by atoms with Crippen LogP contribution < -0.4 is 11.1 Å². The number of benzene rings is 1. The van der Waals surface area contributed by atoms with E-state index in [1.807, 2.05) is 17.5 Å². The van der Waals surface area contributed by atoms with Crippen molar-refractivity contribution in [1.29, 1.82) is 0 Å². The zero-order valence-corrected chi connectivity index (χ0v) is 14.0. The van der Waals surface area contributed by atoms with E-state index >= 15 is 0 Å². The number of aromatic nitrogens is 3. The molecule has 0 saturated heterocycles. The molecule has 22 heavy (non-hydrogen) atoms. The SMILES string of the molecule is NC(Cc1cccc(Br)c1)c1csc(Nc2ncccn2)n1. The van der Waals surface area contributed by atoms with E-state index in [1.54, 1.807) is 18.5 Å². The highest BCUT2D eigenvalue weighted by Gasteiger charge is 2.12. The second kappa shape index (κ2) is 6.95. The second-order valence-electron chi connectivity index (χ2n) is 4.72. The zero-order chi connectivity index (χ0) is 15.4. The van der Waals surface area contributed by atoms with Crippen molar-refractivity contribution < 1.29 is 0 Å². The number of nitrogens with two attached hydrogens (primary N) is 1. The number of thiazole rings is 1. The van der Waals surface area contributed by atoms with Crippen LogP contribution in [0.2, 0.25) is 0 Å². The first-order chi connectivity index (χ1) is 10.7. The topological polar surface area (TPSA) is 76.7 Å². The molecule has 2 aromatic heterocycles. The summed E-state index contributed by atoms with van der Waals surface area (Å²) in [6, 6.07) is 9.77. The summed E-state index contributed by atoms with van der Waals surface area (Å²) >= 11 is 4.97. The fourth-order valence-electron chi connectivity index (χ4n) is 2.00. The predicted octanol–water partition coefficient (Wildman–Crippen LogP) is 3.68. The van der Waals surface area contributed by atoms with Crippen LogP contribution in [0.15, 0.2) is 52.6 Å². The van der Waals surface area contributed by atoms with E-state index in [0.717, 1.165) is 21.7 Å². The van der Waals surface area contributed by atoms with Gasteiger partial charge in [-0.2, -0.15) is 0 Å². The highest BCUT2D eigenvalue weighted by atomic mass is 79.9. The normalized spacial score (nSPS) is 12.1. The molecule has 0 aliphatic carbocycles. The van der Waals surface area contributed by atoms with Gasteiger partial charge in [-0.05, 0) is 30.2 Å². The van der Waals surface area contributed by atoms with Gasteiger partial charge in [-0.1, -0.05) is 28.1 Å². The van der Waals surface area contributed by atoms with Gasteiger partial charge in [-0.3, -0.25) is 0 Å². The summed E-state index contributed by atoms with van der Waals surface area (Å²) in [6.45, 7) is 0. The van der Waals surface area contributed by atoms with Crippen LogP contribution in [0.25, 0.3) is 0 Å². The number of rotatable bonds is 5. The Bertz CT molecular complexity index is 746. The minimum Gasteiger partial charge on any atom is -0.322 e. The maximum Gasteiger partial charge on any atom is 0.228 e. The fraction of sp³-hybridized carbons (Fsp3) is 0.133. The lowest BCUT2D eigenvalue weighted by atomic mass is 10.1. The number of hydrogen-bond acceptors (Lipinski definition) is 6. The standard InChI is InChI=1S/C15H14BrN5S/c16-11-4-1-3-10(7-11)8-12(17)13-9-22-15(20-13)21-14-18-5-2-6-19-14/h1-7,9,12H,8,17H2,(H,18,19,20,21). The molecule has 0 saturated carbocycles. The van der Waals surface area contributed by atoms with Crippen LogP contribution in [0.3, 0.4) is 0 Å². The molecule has 0 aliphatic heterocycles. The van der Waals surface area contributed by atoms with Gasteiger partial charge in [0, 0.05) is 22.2 Å². The predicted molar refractivity (Wildman–Crippen MR) is 92.2 cm³/mol. The van der Waals surface area contributed by atoms with Gasteiger partial charge >= 0.3 is 0 Å². The quantitative estimate of drug-likeness (QED) is 0.710. The van der Waals surface area contributed by atoms with Crippen molar-refractivity contribution in [3.05, 3.63) is 63.8 Å². The third-order valence-electron chi connectivity index (χ3n) is 3.03. The Kier molecular flexibility index (Phi) is 4.77. The van der Waals surface area contributed by atoms with Crippen LogP contribution in [0, 0.1) is 0 Å². The van der Waals surface area contributed by atoms with Gasteiger partial charge < -0.3 is 11.1 Å². The lowest BCUT2D eigenvalue weighted by Gasteiger charge is -2.09. The zero-order valence-electron chi connectivity index (χ0n) is 11.6. The lowest BCUT2D eigenvalue weighted by Crippen LogP contribution is -2.13. The van der Waals surface area contributed by atoms with E-state index in [2.05, 4.69) is 48.3 Å². The van der Waals surface area contributed by atoms with E-state index in [0.29, 0.717) is 5.95 Å². The van der Waals surface area contributed by atoms with Gasteiger partial charge in [0.1, 0.15) is 0 Å². The fourth-order valence-corrected chi connectivity index (χ4v) is 3.21. The van der Waals surface area contributed by atoms with E-state index < -0.39 is 0 Å². The minimum atomic E-state index is -0.141. The van der Waals surface area contributed by atoms with Crippen LogP contribution >= 0.6 is 27.3 Å². The molecule has 0 amide bonds. The van der Waals surface area contributed by atoms with Crippen molar-refractivity contribution in [3.63, 3.8) is 0 Å². The van der Waals surface area contributed by atoms with Crippen LogP contribution in [0.1, 0.15) is 17.3 Å². The van der Waals surface area contributed by atoms with Gasteiger partial charge in [0.2, 0.25) is 5.95 Å². The molecule has 2 heterocycles. The second-order valence-corrected chi connectivity index (χ2v) is 6.49. The third kappa shape index (κ3) is 3.88. The number of anilines is 2. The summed E-state index contributed by atoms with van der Waals surface area (Å²) in [7, 11) is 0. The Morgan fingerprint density at radius 3 is 2.82 bits per heavy atom. The summed E-state index contributed by atoms with van der Waals surface area (Å²) in [5, 5.41) is 5.78. The largest absolute Gasteiger partial charge is 0.322 e.